The van der Waals surface area contributed by atoms with Gasteiger partial charge in [0, 0.05) is 19.1 Å². The van der Waals surface area contributed by atoms with Gasteiger partial charge in [-0.2, -0.15) is 0 Å². The molecule has 0 saturated heterocycles. The quantitative estimate of drug-likeness (QED) is 0.863. The van der Waals surface area contributed by atoms with E-state index in [0.717, 1.165) is 30.6 Å². The zero-order chi connectivity index (χ0) is 14.7. The maximum Gasteiger partial charge on any atom is 0.260 e. The van der Waals surface area contributed by atoms with Crippen LogP contribution in [0.25, 0.3) is 0 Å². The second kappa shape index (κ2) is 6.27. The largest absolute Gasteiger partial charge is 0.483 e. The molecule has 2 rings (SSSR count). The van der Waals surface area contributed by atoms with Gasteiger partial charge < -0.3 is 15.4 Å². The van der Waals surface area contributed by atoms with Crippen molar-refractivity contribution in [3.05, 3.63) is 29.3 Å². The van der Waals surface area contributed by atoms with Gasteiger partial charge in [0.1, 0.15) is 5.75 Å². The second-order valence-corrected chi connectivity index (χ2v) is 5.82. The Hall–Kier alpha value is -1.55. The van der Waals surface area contributed by atoms with Crippen LogP contribution in [0.4, 0.5) is 0 Å². The van der Waals surface area contributed by atoms with Crippen molar-refractivity contribution in [2.75, 3.05) is 13.7 Å². The molecule has 0 aromatic heterocycles. The van der Waals surface area contributed by atoms with Gasteiger partial charge >= 0.3 is 0 Å². The van der Waals surface area contributed by atoms with Crippen molar-refractivity contribution < 1.29 is 9.53 Å². The summed E-state index contributed by atoms with van der Waals surface area (Å²) < 4.78 is 5.71. The first-order valence-corrected chi connectivity index (χ1v) is 7.21. The zero-order valence-electron chi connectivity index (χ0n) is 12.6. The summed E-state index contributed by atoms with van der Waals surface area (Å²) in [6.07, 6.45) is 2.98. The van der Waals surface area contributed by atoms with Crippen LogP contribution in [0, 0.1) is 6.92 Å². The molecule has 4 heteroatoms. The predicted octanol–water partition coefficient (Wildman–Crippen LogP) is 1.88. The minimum atomic E-state index is 0.0415. The van der Waals surface area contributed by atoms with E-state index in [1.165, 1.54) is 5.56 Å². The first kappa shape index (κ1) is 14.9. The summed E-state index contributed by atoms with van der Waals surface area (Å²) >= 11 is 0. The highest BCUT2D eigenvalue weighted by Crippen LogP contribution is 2.26. The molecule has 1 aromatic rings. The summed E-state index contributed by atoms with van der Waals surface area (Å²) in [7, 11) is 1.85. The van der Waals surface area contributed by atoms with Crippen molar-refractivity contribution >= 4 is 5.91 Å². The number of nitrogens with two attached hydrogens (primary N) is 1. The molecule has 0 heterocycles. The standard InChI is InChI=1S/C16H24N2O2/c1-11-4-7-15(13(8-11)9-12(2)17)20-10-16(19)18(3)14-5-6-14/h4,7-8,12,14H,5-6,9-10,17H2,1-3H3. The van der Waals surface area contributed by atoms with Crippen LogP contribution >= 0.6 is 0 Å². The molecule has 0 bridgehead atoms. The number of hydrogen-bond acceptors (Lipinski definition) is 3. The molecule has 0 radical (unpaired) electrons. The molecule has 1 fully saturated rings. The van der Waals surface area contributed by atoms with Gasteiger partial charge in [0.15, 0.2) is 6.61 Å². The van der Waals surface area contributed by atoms with Crippen LogP contribution in [-0.4, -0.2) is 36.5 Å². The van der Waals surface area contributed by atoms with Gasteiger partial charge in [-0.05, 0) is 44.7 Å². The molecule has 2 N–H and O–H groups in total. The van der Waals surface area contributed by atoms with Crippen molar-refractivity contribution in [1.29, 1.82) is 0 Å². The van der Waals surface area contributed by atoms with Gasteiger partial charge in [0.05, 0.1) is 0 Å². The number of carbonyl (C=O) groups is 1. The molecule has 20 heavy (non-hydrogen) atoms. The number of rotatable bonds is 6. The minimum absolute atomic E-state index is 0.0415. The van der Waals surface area contributed by atoms with Crippen molar-refractivity contribution in [3.8, 4) is 5.75 Å². The van der Waals surface area contributed by atoms with Crippen LogP contribution in [0.2, 0.25) is 0 Å². The third-order valence-corrected chi connectivity index (χ3v) is 3.60. The number of likely N-dealkylation sites (N-methyl/N-ethyl adjacent to an activating group) is 1. The molecule has 1 aliphatic rings. The first-order chi connectivity index (χ1) is 9.47. The van der Waals surface area contributed by atoms with Crippen molar-refractivity contribution in [3.63, 3.8) is 0 Å². The molecule has 110 valence electrons. The fourth-order valence-corrected chi connectivity index (χ4v) is 2.26. The number of nitrogens with zero attached hydrogens (tertiary/aromatic N) is 1. The number of aryl methyl sites for hydroxylation is 1. The second-order valence-electron chi connectivity index (χ2n) is 5.82. The van der Waals surface area contributed by atoms with Gasteiger partial charge in [0.2, 0.25) is 0 Å². The van der Waals surface area contributed by atoms with E-state index in [2.05, 4.69) is 6.07 Å². The van der Waals surface area contributed by atoms with Crippen molar-refractivity contribution in [1.82, 2.24) is 4.90 Å². The molecule has 0 spiro atoms. The fraction of sp³-hybridized carbons (Fsp3) is 0.562. The molecular formula is C16H24N2O2. The highest BCUT2D eigenvalue weighted by molar-refractivity contribution is 5.78. The zero-order valence-corrected chi connectivity index (χ0v) is 12.6. The molecule has 1 amide bonds. The summed E-state index contributed by atoms with van der Waals surface area (Å²) in [6.45, 7) is 4.11. The van der Waals surface area contributed by atoms with Crippen LogP contribution in [-0.2, 0) is 11.2 Å². The Morgan fingerprint density at radius 3 is 2.80 bits per heavy atom. The van der Waals surface area contributed by atoms with Gasteiger partial charge in [-0.15, -0.1) is 0 Å². The van der Waals surface area contributed by atoms with E-state index < -0.39 is 0 Å². The maximum atomic E-state index is 12.0. The third-order valence-electron chi connectivity index (χ3n) is 3.60. The number of ether oxygens (including phenoxy) is 1. The van der Waals surface area contributed by atoms with Crippen LogP contribution in [0.3, 0.4) is 0 Å². The lowest BCUT2D eigenvalue weighted by molar-refractivity contribution is -0.132. The lowest BCUT2D eigenvalue weighted by Crippen LogP contribution is -2.33. The van der Waals surface area contributed by atoms with E-state index in [1.807, 2.05) is 33.0 Å². The normalized spacial score (nSPS) is 15.8. The minimum Gasteiger partial charge on any atom is -0.483 e. The summed E-state index contributed by atoms with van der Waals surface area (Å²) in [5.41, 5.74) is 8.11. The number of carbonyl (C=O) groups excluding carboxylic acids is 1. The number of benzene rings is 1. The summed E-state index contributed by atoms with van der Waals surface area (Å²) in [5.74, 6) is 0.810. The third kappa shape index (κ3) is 3.97. The van der Waals surface area contributed by atoms with Gasteiger partial charge in [-0.1, -0.05) is 17.7 Å². The van der Waals surface area contributed by atoms with E-state index in [0.29, 0.717) is 6.04 Å². The Morgan fingerprint density at radius 2 is 2.20 bits per heavy atom. The van der Waals surface area contributed by atoms with E-state index >= 15 is 0 Å². The lowest BCUT2D eigenvalue weighted by Gasteiger charge is -2.18. The smallest absolute Gasteiger partial charge is 0.260 e. The molecule has 1 aromatic carbocycles. The lowest BCUT2D eigenvalue weighted by atomic mass is 10.0. The molecule has 1 unspecified atom stereocenters. The van der Waals surface area contributed by atoms with Gasteiger partial charge in [-0.25, -0.2) is 0 Å². The van der Waals surface area contributed by atoms with E-state index in [-0.39, 0.29) is 18.6 Å². The Kier molecular flexibility index (Phi) is 4.65. The SMILES string of the molecule is Cc1ccc(OCC(=O)N(C)C2CC2)c(CC(C)N)c1. The summed E-state index contributed by atoms with van der Waals surface area (Å²) in [4.78, 5) is 13.8. The Labute approximate surface area is 120 Å². The number of amides is 1. The first-order valence-electron chi connectivity index (χ1n) is 7.21. The average molecular weight is 276 g/mol. The molecular weight excluding hydrogens is 252 g/mol. The molecule has 1 saturated carbocycles. The van der Waals surface area contributed by atoms with Gasteiger partial charge in [0.25, 0.3) is 5.91 Å². The Bertz CT molecular complexity index is 481. The van der Waals surface area contributed by atoms with E-state index in [4.69, 9.17) is 10.5 Å². The van der Waals surface area contributed by atoms with Crippen LogP contribution in [0.5, 0.6) is 5.75 Å². The topological polar surface area (TPSA) is 55.6 Å². The van der Waals surface area contributed by atoms with Gasteiger partial charge in [-0.3, -0.25) is 4.79 Å². The summed E-state index contributed by atoms with van der Waals surface area (Å²) in [6, 6.07) is 6.50. The molecule has 4 nitrogen and oxygen atoms in total. The van der Waals surface area contributed by atoms with Crippen molar-refractivity contribution in [2.45, 2.75) is 45.2 Å². The van der Waals surface area contributed by atoms with Crippen LogP contribution in [0.1, 0.15) is 30.9 Å². The molecule has 1 aliphatic carbocycles. The number of hydrogen-bond donors (Lipinski definition) is 1. The molecule has 1 atom stereocenters. The van der Waals surface area contributed by atoms with E-state index in [1.54, 1.807) is 4.90 Å². The van der Waals surface area contributed by atoms with E-state index in [9.17, 15) is 4.79 Å². The Balaban J connectivity index is 1.99. The Morgan fingerprint density at radius 1 is 1.50 bits per heavy atom. The highest BCUT2D eigenvalue weighted by atomic mass is 16.5. The fourth-order valence-electron chi connectivity index (χ4n) is 2.26. The van der Waals surface area contributed by atoms with Crippen molar-refractivity contribution in [2.24, 2.45) is 5.73 Å². The predicted molar refractivity (Wildman–Crippen MR) is 79.8 cm³/mol. The average Bonchev–Trinajstić information content (AvgIpc) is 3.20. The van der Waals surface area contributed by atoms with Crippen LogP contribution < -0.4 is 10.5 Å². The monoisotopic (exact) mass is 276 g/mol. The highest BCUT2D eigenvalue weighted by Gasteiger charge is 2.29. The molecule has 0 aliphatic heterocycles. The summed E-state index contributed by atoms with van der Waals surface area (Å²) in [5, 5.41) is 0. The van der Waals surface area contributed by atoms with Crippen LogP contribution in [0.15, 0.2) is 18.2 Å². The maximum absolute atomic E-state index is 12.0.